The highest BCUT2D eigenvalue weighted by molar-refractivity contribution is 6.42. The summed E-state index contributed by atoms with van der Waals surface area (Å²) >= 11 is 11.9. The van der Waals surface area contributed by atoms with Crippen LogP contribution in [0.5, 0.6) is 5.75 Å². The second kappa shape index (κ2) is 8.80. The van der Waals surface area contributed by atoms with Gasteiger partial charge >= 0.3 is 11.6 Å². The first-order chi connectivity index (χ1) is 14.9. The van der Waals surface area contributed by atoms with Crippen LogP contribution in [0.25, 0.3) is 28.2 Å². The van der Waals surface area contributed by atoms with E-state index >= 15 is 0 Å². The third-order valence-corrected chi connectivity index (χ3v) is 5.50. The van der Waals surface area contributed by atoms with Crippen LogP contribution in [0.2, 0.25) is 10.0 Å². The standard InChI is InChI=1S/C25H16Cl2O4/c1-15-22(30-23(28)12-8-16-7-10-20(26)21(27)13-16)11-9-18-19(14-24(29)31-25(15)18)17-5-3-2-4-6-17/h2-14H,1H3/b12-8+. The lowest BCUT2D eigenvalue weighted by molar-refractivity contribution is -0.128. The van der Waals surface area contributed by atoms with Crippen molar-refractivity contribution in [1.29, 1.82) is 0 Å². The van der Waals surface area contributed by atoms with Gasteiger partial charge < -0.3 is 9.15 Å². The van der Waals surface area contributed by atoms with Gasteiger partial charge in [0.15, 0.2) is 0 Å². The minimum Gasteiger partial charge on any atom is -0.423 e. The molecule has 0 radical (unpaired) electrons. The average molecular weight is 451 g/mol. The summed E-state index contributed by atoms with van der Waals surface area (Å²) in [5, 5.41) is 1.59. The highest BCUT2D eigenvalue weighted by Gasteiger charge is 2.14. The number of carbonyl (C=O) groups is 1. The Morgan fingerprint density at radius 3 is 2.48 bits per heavy atom. The maximum absolute atomic E-state index is 12.3. The third-order valence-electron chi connectivity index (χ3n) is 4.76. The first kappa shape index (κ1) is 20.9. The Morgan fingerprint density at radius 2 is 1.74 bits per heavy atom. The predicted octanol–water partition coefficient (Wildman–Crippen LogP) is 6.69. The van der Waals surface area contributed by atoms with Crippen LogP contribution < -0.4 is 10.4 Å². The molecule has 0 aliphatic heterocycles. The number of benzene rings is 3. The van der Waals surface area contributed by atoms with Crippen LogP contribution in [-0.2, 0) is 4.79 Å². The first-order valence-electron chi connectivity index (χ1n) is 9.40. The summed E-state index contributed by atoms with van der Waals surface area (Å²) in [6.45, 7) is 1.74. The topological polar surface area (TPSA) is 56.5 Å². The fourth-order valence-electron chi connectivity index (χ4n) is 3.23. The second-order valence-electron chi connectivity index (χ2n) is 6.84. The molecule has 0 bridgehead atoms. The molecule has 4 rings (SSSR count). The molecule has 0 fully saturated rings. The zero-order chi connectivity index (χ0) is 22.0. The summed E-state index contributed by atoms with van der Waals surface area (Å²) in [5.74, 6) is -0.264. The molecular formula is C25H16Cl2O4. The molecule has 154 valence electrons. The van der Waals surface area contributed by atoms with Crippen LogP contribution in [0.15, 0.2) is 82.0 Å². The molecule has 0 aliphatic rings. The molecule has 1 heterocycles. The van der Waals surface area contributed by atoms with Crippen molar-refractivity contribution in [2.24, 2.45) is 0 Å². The van der Waals surface area contributed by atoms with Crippen molar-refractivity contribution in [3.05, 3.63) is 104 Å². The first-order valence-corrected chi connectivity index (χ1v) is 10.2. The van der Waals surface area contributed by atoms with Gasteiger partial charge in [-0.05, 0) is 54.0 Å². The Hall–Kier alpha value is -3.34. The van der Waals surface area contributed by atoms with Gasteiger partial charge in [0.05, 0.1) is 10.0 Å². The van der Waals surface area contributed by atoms with E-state index in [1.165, 1.54) is 12.1 Å². The summed E-state index contributed by atoms with van der Waals surface area (Å²) in [5.41, 5.74) is 2.83. The monoisotopic (exact) mass is 450 g/mol. The van der Waals surface area contributed by atoms with Crippen LogP contribution in [-0.4, -0.2) is 5.97 Å². The fraction of sp³-hybridized carbons (Fsp3) is 0.0400. The Labute approximate surface area is 188 Å². The lowest BCUT2D eigenvalue weighted by Crippen LogP contribution is -2.06. The van der Waals surface area contributed by atoms with E-state index in [4.69, 9.17) is 32.4 Å². The Bertz CT molecular complexity index is 1370. The Kier molecular flexibility index (Phi) is 5.94. The van der Waals surface area contributed by atoms with E-state index in [9.17, 15) is 9.59 Å². The van der Waals surface area contributed by atoms with Gasteiger partial charge in [0, 0.05) is 23.1 Å². The summed E-state index contributed by atoms with van der Waals surface area (Å²) in [6.07, 6.45) is 2.87. The molecular weight excluding hydrogens is 435 g/mol. The molecule has 0 saturated heterocycles. The number of esters is 1. The maximum Gasteiger partial charge on any atom is 0.336 e. The minimum atomic E-state index is -0.574. The number of halogens is 2. The lowest BCUT2D eigenvalue weighted by Gasteiger charge is -2.11. The van der Waals surface area contributed by atoms with Crippen molar-refractivity contribution in [2.45, 2.75) is 6.92 Å². The molecule has 0 unspecified atom stereocenters. The molecule has 6 heteroatoms. The summed E-state index contributed by atoms with van der Waals surface area (Å²) in [7, 11) is 0. The molecule has 0 amide bonds. The van der Waals surface area contributed by atoms with Crippen molar-refractivity contribution in [3.63, 3.8) is 0 Å². The highest BCUT2D eigenvalue weighted by atomic mass is 35.5. The van der Waals surface area contributed by atoms with Crippen LogP contribution >= 0.6 is 23.2 Å². The second-order valence-corrected chi connectivity index (χ2v) is 7.65. The molecule has 1 aromatic heterocycles. The van der Waals surface area contributed by atoms with E-state index in [0.717, 1.165) is 16.5 Å². The average Bonchev–Trinajstić information content (AvgIpc) is 2.77. The van der Waals surface area contributed by atoms with Crippen molar-refractivity contribution in [2.75, 3.05) is 0 Å². The van der Waals surface area contributed by atoms with Gasteiger partial charge in [0.2, 0.25) is 0 Å². The quantitative estimate of drug-likeness (QED) is 0.150. The Morgan fingerprint density at radius 1 is 0.968 bits per heavy atom. The number of ether oxygens (including phenoxy) is 1. The van der Waals surface area contributed by atoms with Crippen molar-refractivity contribution >= 4 is 46.2 Å². The maximum atomic E-state index is 12.3. The van der Waals surface area contributed by atoms with Gasteiger partial charge in [-0.3, -0.25) is 0 Å². The molecule has 4 nitrogen and oxygen atoms in total. The zero-order valence-electron chi connectivity index (χ0n) is 16.4. The zero-order valence-corrected chi connectivity index (χ0v) is 17.9. The predicted molar refractivity (Wildman–Crippen MR) is 124 cm³/mol. The molecule has 0 atom stereocenters. The van der Waals surface area contributed by atoms with E-state index in [-0.39, 0.29) is 0 Å². The number of rotatable bonds is 4. The van der Waals surface area contributed by atoms with Crippen molar-refractivity contribution in [3.8, 4) is 16.9 Å². The highest BCUT2D eigenvalue weighted by Crippen LogP contribution is 2.33. The molecule has 0 N–H and O–H groups in total. The van der Waals surface area contributed by atoms with E-state index in [1.807, 2.05) is 30.3 Å². The SMILES string of the molecule is Cc1c(OC(=O)/C=C/c2ccc(Cl)c(Cl)c2)ccc2c(-c3ccccc3)cc(=O)oc12. The van der Waals surface area contributed by atoms with Crippen LogP contribution in [0.1, 0.15) is 11.1 Å². The molecule has 4 aromatic rings. The van der Waals surface area contributed by atoms with Crippen LogP contribution in [0.4, 0.5) is 0 Å². The summed E-state index contributed by atoms with van der Waals surface area (Å²) in [6, 6.07) is 19.5. The van der Waals surface area contributed by atoms with Crippen molar-refractivity contribution < 1.29 is 13.9 Å². The fourth-order valence-corrected chi connectivity index (χ4v) is 3.54. The van der Waals surface area contributed by atoms with E-state index in [1.54, 1.807) is 43.3 Å². The van der Waals surface area contributed by atoms with Crippen LogP contribution in [0.3, 0.4) is 0 Å². The number of hydrogen-bond donors (Lipinski definition) is 0. The van der Waals surface area contributed by atoms with Gasteiger partial charge in [-0.2, -0.15) is 0 Å². The molecule has 0 spiro atoms. The molecule has 0 aliphatic carbocycles. The van der Waals surface area contributed by atoms with E-state index in [2.05, 4.69) is 0 Å². The largest absolute Gasteiger partial charge is 0.423 e. The molecule has 0 saturated carbocycles. The third kappa shape index (κ3) is 4.55. The normalized spacial score (nSPS) is 11.2. The van der Waals surface area contributed by atoms with E-state index in [0.29, 0.717) is 32.5 Å². The van der Waals surface area contributed by atoms with Gasteiger partial charge in [0.25, 0.3) is 0 Å². The number of hydrogen-bond acceptors (Lipinski definition) is 4. The number of carbonyl (C=O) groups excluding carboxylic acids is 1. The van der Waals surface area contributed by atoms with Gasteiger partial charge in [-0.15, -0.1) is 0 Å². The number of fused-ring (bicyclic) bond motifs is 1. The van der Waals surface area contributed by atoms with Gasteiger partial charge in [0.1, 0.15) is 11.3 Å². The summed E-state index contributed by atoms with van der Waals surface area (Å²) in [4.78, 5) is 24.5. The lowest BCUT2D eigenvalue weighted by atomic mass is 10.0. The summed E-state index contributed by atoms with van der Waals surface area (Å²) < 4.78 is 10.9. The van der Waals surface area contributed by atoms with Crippen molar-refractivity contribution in [1.82, 2.24) is 0 Å². The molecule has 3 aromatic carbocycles. The van der Waals surface area contributed by atoms with Crippen LogP contribution in [0, 0.1) is 6.92 Å². The van der Waals surface area contributed by atoms with Gasteiger partial charge in [-0.25, -0.2) is 9.59 Å². The molecule has 31 heavy (non-hydrogen) atoms. The minimum absolute atomic E-state index is 0.310. The van der Waals surface area contributed by atoms with Gasteiger partial charge in [-0.1, -0.05) is 59.6 Å². The van der Waals surface area contributed by atoms with E-state index < -0.39 is 11.6 Å². The number of aryl methyl sites for hydroxylation is 1. The smallest absolute Gasteiger partial charge is 0.336 e. The Balaban J connectivity index is 1.65.